The Kier molecular flexibility index (Phi) is 7.85. The van der Waals surface area contributed by atoms with Gasteiger partial charge in [-0.3, -0.25) is 4.79 Å². The first kappa shape index (κ1) is 23.0. The Hall–Kier alpha value is -2.66. The maximum atomic E-state index is 13.9. The van der Waals surface area contributed by atoms with Crippen molar-refractivity contribution in [2.24, 2.45) is 11.7 Å². The maximum Gasteiger partial charge on any atom is 0.318 e. The highest BCUT2D eigenvalue weighted by Crippen LogP contribution is 2.31. The van der Waals surface area contributed by atoms with Crippen molar-refractivity contribution in [3.8, 4) is 0 Å². The van der Waals surface area contributed by atoms with Crippen molar-refractivity contribution in [3.63, 3.8) is 0 Å². The predicted molar refractivity (Wildman–Crippen MR) is 125 cm³/mol. The zero-order chi connectivity index (χ0) is 22.3. The van der Waals surface area contributed by atoms with Crippen LogP contribution in [0.4, 0.5) is 4.79 Å². The molecule has 0 bridgehead atoms. The summed E-state index contributed by atoms with van der Waals surface area (Å²) >= 11 is 0. The zero-order valence-electron chi connectivity index (χ0n) is 18.7. The topological polar surface area (TPSA) is 75.4 Å². The van der Waals surface area contributed by atoms with Gasteiger partial charge in [0.2, 0.25) is 0 Å². The molecule has 0 spiro atoms. The summed E-state index contributed by atoms with van der Waals surface area (Å²) in [6.45, 7) is 5.08. The molecule has 5 nitrogen and oxygen atoms in total. The molecule has 0 saturated carbocycles. The molecule has 0 aromatic heterocycles. The van der Waals surface area contributed by atoms with Crippen LogP contribution < -0.4 is 11.1 Å². The molecule has 1 fully saturated rings. The molecule has 5 heteroatoms. The van der Waals surface area contributed by atoms with Gasteiger partial charge in [0, 0.05) is 13.1 Å². The summed E-state index contributed by atoms with van der Waals surface area (Å²) < 4.78 is 0. The van der Waals surface area contributed by atoms with Gasteiger partial charge in [-0.1, -0.05) is 87.4 Å². The monoisotopic (exact) mass is 421 g/mol. The van der Waals surface area contributed by atoms with Gasteiger partial charge in [0.1, 0.15) is 5.54 Å². The van der Waals surface area contributed by atoms with Crippen molar-refractivity contribution in [2.75, 3.05) is 13.1 Å². The largest absolute Gasteiger partial charge is 0.336 e. The average molecular weight is 422 g/mol. The number of benzene rings is 2. The molecule has 31 heavy (non-hydrogen) atoms. The molecular weight excluding hydrogens is 386 g/mol. The summed E-state index contributed by atoms with van der Waals surface area (Å²) in [6.07, 6.45) is 4.53. The van der Waals surface area contributed by atoms with E-state index in [0.717, 1.165) is 31.2 Å². The van der Waals surface area contributed by atoms with E-state index in [1.807, 2.05) is 50.2 Å². The number of hydrogen-bond acceptors (Lipinski definition) is 3. The Balaban J connectivity index is 1.73. The number of rotatable bonds is 11. The first-order chi connectivity index (χ1) is 14.9. The number of nitrogens with two attached hydrogens (primary N) is 1. The van der Waals surface area contributed by atoms with Crippen molar-refractivity contribution in [1.82, 2.24) is 10.2 Å². The number of amides is 2. The lowest BCUT2D eigenvalue weighted by Gasteiger charge is -2.37. The second-order valence-corrected chi connectivity index (χ2v) is 8.86. The molecule has 1 aliphatic heterocycles. The molecule has 0 radical (unpaired) electrons. The van der Waals surface area contributed by atoms with Gasteiger partial charge in [-0.2, -0.15) is 0 Å². The van der Waals surface area contributed by atoms with Crippen molar-refractivity contribution in [3.05, 3.63) is 71.8 Å². The fraction of sp³-hybridized carbons (Fsp3) is 0.462. The van der Waals surface area contributed by atoms with Crippen LogP contribution in [0.5, 0.6) is 0 Å². The molecule has 2 amide bonds. The highest BCUT2D eigenvalue weighted by atomic mass is 16.2. The molecule has 3 N–H and O–H groups in total. The minimum atomic E-state index is -1.11. The lowest BCUT2D eigenvalue weighted by atomic mass is 9.76. The second kappa shape index (κ2) is 10.6. The fourth-order valence-corrected chi connectivity index (χ4v) is 4.52. The Bertz CT molecular complexity index is 853. The highest BCUT2D eigenvalue weighted by Gasteiger charge is 2.45. The van der Waals surface area contributed by atoms with Crippen LogP contribution in [0.25, 0.3) is 0 Å². The Morgan fingerprint density at radius 2 is 1.68 bits per heavy atom. The zero-order valence-corrected chi connectivity index (χ0v) is 18.7. The van der Waals surface area contributed by atoms with E-state index in [1.54, 1.807) is 4.90 Å². The van der Waals surface area contributed by atoms with Crippen LogP contribution in [0, 0.1) is 5.92 Å². The van der Waals surface area contributed by atoms with Gasteiger partial charge in [0.05, 0.1) is 6.04 Å². The smallest absolute Gasteiger partial charge is 0.318 e. The van der Waals surface area contributed by atoms with Crippen LogP contribution in [0.1, 0.15) is 50.7 Å². The number of nitrogens with one attached hydrogen (secondary N) is 1. The summed E-state index contributed by atoms with van der Waals surface area (Å²) in [5, 5.41) is 2.82. The molecule has 1 aliphatic rings. The molecule has 1 saturated heterocycles. The van der Waals surface area contributed by atoms with E-state index < -0.39 is 11.6 Å². The van der Waals surface area contributed by atoms with Gasteiger partial charge in [-0.05, 0) is 36.3 Å². The number of Topliss-reactive ketones (excluding diaryl/α,β-unsaturated/α-hetero) is 1. The summed E-state index contributed by atoms with van der Waals surface area (Å²) in [7, 11) is 0. The van der Waals surface area contributed by atoms with Crippen molar-refractivity contribution in [1.29, 1.82) is 0 Å². The Labute approximate surface area is 186 Å². The molecule has 1 heterocycles. The highest BCUT2D eigenvalue weighted by molar-refractivity contribution is 5.96. The number of urea groups is 1. The van der Waals surface area contributed by atoms with Gasteiger partial charge in [-0.25, -0.2) is 4.79 Å². The molecule has 0 aliphatic carbocycles. The van der Waals surface area contributed by atoms with Crippen LogP contribution in [-0.2, 0) is 16.8 Å². The molecule has 2 atom stereocenters. The molecule has 3 rings (SSSR count). The fourth-order valence-electron chi connectivity index (χ4n) is 4.52. The standard InChI is InChI=1S/C26H35N3O2/c1-20(2)23(29-19-18-28-25(29)31)24(30)26(27,22-15-9-4-10-16-22)17-11-5-8-14-21-12-6-3-7-13-21/h3-4,6-7,9-10,12-13,15-16,20,23H,5,8,11,14,17-19,27H2,1-2H3,(H,28,31)/t23-,26?/m0/s1. The lowest BCUT2D eigenvalue weighted by Crippen LogP contribution is -2.57. The number of unbranched alkanes of at least 4 members (excludes halogenated alkanes) is 2. The molecule has 1 unspecified atom stereocenters. The minimum Gasteiger partial charge on any atom is -0.336 e. The van der Waals surface area contributed by atoms with Gasteiger partial charge in [-0.15, -0.1) is 0 Å². The van der Waals surface area contributed by atoms with E-state index in [2.05, 4.69) is 29.6 Å². The van der Waals surface area contributed by atoms with E-state index in [4.69, 9.17) is 5.73 Å². The predicted octanol–water partition coefficient (Wildman–Crippen LogP) is 4.26. The van der Waals surface area contributed by atoms with Gasteiger partial charge in [0.15, 0.2) is 5.78 Å². The molecule has 2 aromatic carbocycles. The number of carbonyl (C=O) groups is 2. The minimum absolute atomic E-state index is 0.0129. The third kappa shape index (κ3) is 5.53. The Morgan fingerprint density at radius 1 is 1.03 bits per heavy atom. The SMILES string of the molecule is CC(C)[C@@H](C(=O)C(N)(CCCCCc1ccccc1)c1ccccc1)N1CCNC1=O. The van der Waals surface area contributed by atoms with E-state index >= 15 is 0 Å². The number of nitrogens with zero attached hydrogens (tertiary/aromatic N) is 1. The number of hydrogen-bond donors (Lipinski definition) is 2. The summed E-state index contributed by atoms with van der Waals surface area (Å²) in [4.78, 5) is 27.9. The van der Waals surface area contributed by atoms with E-state index in [0.29, 0.717) is 19.5 Å². The van der Waals surface area contributed by atoms with Crippen LogP contribution in [0.15, 0.2) is 60.7 Å². The third-order valence-electron chi connectivity index (χ3n) is 6.23. The first-order valence-electron chi connectivity index (χ1n) is 11.4. The quantitative estimate of drug-likeness (QED) is 0.532. The summed E-state index contributed by atoms with van der Waals surface area (Å²) in [5.74, 6) is -0.0742. The van der Waals surface area contributed by atoms with Crippen molar-refractivity contribution >= 4 is 11.8 Å². The van der Waals surface area contributed by atoms with Gasteiger partial charge in [0.25, 0.3) is 0 Å². The third-order valence-corrected chi connectivity index (χ3v) is 6.23. The average Bonchev–Trinajstić information content (AvgIpc) is 3.20. The summed E-state index contributed by atoms with van der Waals surface area (Å²) in [6, 6.07) is 19.4. The van der Waals surface area contributed by atoms with Crippen molar-refractivity contribution in [2.45, 2.75) is 57.5 Å². The number of aryl methyl sites for hydroxylation is 1. The van der Waals surface area contributed by atoms with Crippen molar-refractivity contribution < 1.29 is 9.59 Å². The maximum absolute atomic E-state index is 13.9. The van der Waals surface area contributed by atoms with Gasteiger partial charge < -0.3 is 16.0 Å². The van der Waals surface area contributed by atoms with Crippen LogP contribution >= 0.6 is 0 Å². The molecule has 166 valence electrons. The normalized spacial score (nSPS) is 16.8. The molecule has 2 aromatic rings. The van der Waals surface area contributed by atoms with E-state index in [-0.39, 0.29) is 17.7 Å². The van der Waals surface area contributed by atoms with Crippen LogP contribution in [0.2, 0.25) is 0 Å². The Morgan fingerprint density at radius 3 is 2.26 bits per heavy atom. The summed E-state index contributed by atoms with van der Waals surface area (Å²) in [5.41, 5.74) is 7.96. The molecular formula is C26H35N3O2. The second-order valence-electron chi connectivity index (χ2n) is 8.86. The lowest BCUT2D eigenvalue weighted by molar-refractivity contribution is -0.130. The van der Waals surface area contributed by atoms with Crippen LogP contribution in [-0.4, -0.2) is 35.8 Å². The first-order valence-corrected chi connectivity index (χ1v) is 11.4. The van der Waals surface area contributed by atoms with Gasteiger partial charge >= 0.3 is 6.03 Å². The van der Waals surface area contributed by atoms with E-state index in [1.165, 1.54) is 5.56 Å². The number of ketones is 1. The van der Waals surface area contributed by atoms with E-state index in [9.17, 15) is 9.59 Å². The van der Waals surface area contributed by atoms with Crippen LogP contribution in [0.3, 0.4) is 0 Å². The number of carbonyl (C=O) groups excluding carboxylic acids is 2.